The molecule has 0 atom stereocenters. The van der Waals surface area contributed by atoms with Gasteiger partial charge in [0.2, 0.25) is 5.91 Å². The van der Waals surface area contributed by atoms with Gasteiger partial charge in [-0.2, -0.15) is 0 Å². The number of carbonyl (C=O) groups is 2. The van der Waals surface area contributed by atoms with Crippen molar-refractivity contribution in [2.75, 3.05) is 17.2 Å². The summed E-state index contributed by atoms with van der Waals surface area (Å²) in [4.78, 5) is 24.3. The molecule has 3 aromatic carbocycles. The molecule has 0 fully saturated rings. The Hall–Kier alpha value is -3.60. The summed E-state index contributed by atoms with van der Waals surface area (Å²) in [6.07, 6.45) is 1.23. The maximum absolute atomic E-state index is 12.6. The summed E-state index contributed by atoms with van der Waals surface area (Å²) in [6, 6.07) is 22.7. The van der Waals surface area contributed by atoms with Gasteiger partial charge in [-0.05, 0) is 54.4 Å². The summed E-state index contributed by atoms with van der Waals surface area (Å²) >= 11 is 0. The van der Waals surface area contributed by atoms with Gasteiger partial charge in [0.1, 0.15) is 5.75 Å². The van der Waals surface area contributed by atoms with Crippen LogP contribution in [0.5, 0.6) is 5.75 Å². The number of anilines is 2. The minimum atomic E-state index is -0.215. The molecule has 0 aromatic heterocycles. The van der Waals surface area contributed by atoms with Crippen molar-refractivity contribution in [1.29, 1.82) is 0 Å². The molecule has 5 heteroatoms. The highest BCUT2D eigenvalue weighted by molar-refractivity contribution is 6.05. The van der Waals surface area contributed by atoms with Gasteiger partial charge in [0.05, 0.1) is 6.61 Å². The fourth-order valence-corrected chi connectivity index (χ4v) is 2.97. The predicted octanol–water partition coefficient (Wildman–Crippen LogP) is 5.22. The third-order valence-electron chi connectivity index (χ3n) is 4.80. The Labute approximate surface area is 177 Å². The third-order valence-corrected chi connectivity index (χ3v) is 4.80. The Morgan fingerprint density at radius 2 is 1.50 bits per heavy atom. The molecule has 5 nitrogen and oxygen atoms in total. The van der Waals surface area contributed by atoms with Gasteiger partial charge in [-0.25, -0.2) is 0 Å². The van der Waals surface area contributed by atoms with Crippen molar-refractivity contribution in [3.8, 4) is 5.75 Å². The zero-order valence-corrected chi connectivity index (χ0v) is 17.3. The van der Waals surface area contributed by atoms with Gasteiger partial charge >= 0.3 is 0 Å². The molecule has 0 spiro atoms. The van der Waals surface area contributed by atoms with E-state index in [2.05, 4.69) is 22.8 Å². The largest absolute Gasteiger partial charge is 0.493 e. The summed E-state index contributed by atoms with van der Waals surface area (Å²) in [7, 11) is 0. The van der Waals surface area contributed by atoms with Gasteiger partial charge in [0.25, 0.3) is 5.91 Å². The fourth-order valence-electron chi connectivity index (χ4n) is 2.97. The number of hydrogen-bond donors (Lipinski definition) is 2. The van der Waals surface area contributed by atoms with Gasteiger partial charge in [-0.3, -0.25) is 9.59 Å². The van der Waals surface area contributed by atoms with Crippen LogP contribution < -0.4 is 15.4 Å². The van der Waals surface area contributed by atoms with Crippen molar-refractivity contribution in [2.45, 2.75) is 26.7 Å². The highest BCUT2D eigenvalue weighted by Crippen LogP contribution is 2.24. The second-order valence-electron chi connectivity index (χ2n) is 6.94. The van der Waals surface area contributed by atoms with E-state index in [-0.39, 0.29) is 11.8 Å². The maximum atomic E-state index is 12.6. The lowest BCUT2D eigenvalue weighted by Crippen LogP contribution is -2.15. The normalized spacial score (nSPS) is 10.3. The summed E-state index contributed by atoms with van der Waals surface area (Å²) in [6.45, 7) is 4.24. The lowest BCUT2D eigenvalue weighted by molar-refractivity contribution is -0.115. The first-order chi connectivity index (χ1) is 14.6. The Bertz CT molecular complexity index is 999. The van der Waals surface area contributed by atoms with Crippen molar-refractivity contribution in [1.82, 2.24) is 0 Å². The van der Waals surface area contributed by atoms with E-state index in [1.54, 1.807) is 37.3 Å². The van der Waals surface area contributed by atoms with E-state index in [1.165, 1.54) is 5.56 Å². The standard InChI is InChI=1S/C25H26N2O3/c1-3-24(28)26-22-10-7-11-23(18(22)2)27-25(29)20-12-14-21(15-13-20)30-17-16-19-8-5-4-6-9-19/h4-15H,3,16-17H2,1-2H3,(H,26,28)(H,27,29). The zero-order chi connectivity index (χ0) is 21.3. The average Bonchev–Trinajstić information content (AvgIpc) is 2.77. The SMILES string of the molecule is CCC(=O)Nc1cccc(NC(=O)c2ccc(OCCc3ccccc3)cc2)c1C. The number of nitrogens with one attached hydrogen (secondary N) is 2. The second-order valence-corrected chi connectivity index (χ2v) is 6.94. The predicted molar refractivity (Wildman–Crippen MR) is 120 cm³/mol. The Kier molecular flexibility index (Phi) is 7.22. The molecule has 0 bridgehead atoms. The van der Waals surface area contributed by atoms with Crippen LogP contribution in [0.4, 0.5) is 11.4 Å². The van der Waals surface area contributed by atoms with Crippen molar-refractivity contribution in [3.05, 3.63) is 89.5 Å². The highest BCUT2D eigenvalue weighted by Gasteiger charge is 2.11. The minimum absolute atomic E-state index is 0.0653. The number of ether oxygens (including phenoxy) is 1. The van der Waals surface area contributed by atoms with Gasteiger partial charge in [0.15, 0.2) is 0 Å². The summed E-state index contributed by atoms with van der Waals surface area (Å²) in [5.41, 5.74) is 3.93. The molecule has 154 valence electrons. The van der Waals surface area contributed by atoms with E-state index in [1.807, 2.05) is 37.3 Å². The Morgan fingerprint density at radius 3 is 2.17 bits per heavy atom. The molecule has 0 aliphatic carbocycles. The van der Waals surface area contributed by atoms with E-state index in [0.717, 1.165) is 17.7 Å². The van der Waals surface area contributed by atoms with Crippen LogP contribution in [-0.4, -0.2) is 18.4 Å². The molecule has 30 heavy (non-hydrogen) atoms. The molecule has 3 rings (SSSR count). The van der Waals surface area contributed by atoms with Gasteiger partial charge < -0.3 is 15.4 Å². The number of hydrogen-bond acceptors (Lipinski definition) is 3. The molecule has 3 aromatic rings. The number of rotatable bonds is 8. The Morgan fingerprint density at radius 1 is 0.833 bits per heavy atom. The molecule has 0 aliphatic rings. The monoisotopic (exact) mass is 402 g/mol. The van der Waals surface area contributed by atoms with E-state index in [9.17, 15) is 9.59 Å². The van der Waals surface area contributed by atoms with Crippen LogP contribution in [0.2, 0.25) is 0 Å². The van der Waals surface area contributed by atoms with Crippen molar-refractivity contribution in [2.24, 2.45) is 0 Å². The summed E-state index contributed by atoms with van der Waals surface area (Å²) in [5.74, 6) is 0.445. The van der Waals surface area contributed by atoms with Crippen LogP contribution in [0.3, 0.4) is 0 Å². The lowest BCUT2D eigenvalue weighted by Gasteiger charge is -2.13. The topological polar surface area (TPSA) is 67.4 Å². The summed E-state index contributed by atoms with van der Waals surface area (Å²) < 4.78 is 5.77. The van der Waals surface area contributed by atoms with Crippen LogP contribution >= 0.6 is 0 Å². The average molecular weight is 402 g/mol. The molecule has 0 aliphatic heterocycles. The quantitative estimate of drug-likeness (QED) is 0.543. The van der Waals surface area contributed by atoms with Gasteiger partial charge in [-0.15, -0.1) is 0 Å². The Balaban J connectivity index is 1.58. The lowest BCUT2D eigenvalue weighted by atomic mass is 10.1. The molecular weight excluding hydrogens is 376 g/mol. The molecule has 0 radical (unpaired) electrons. The van der Waals surface area contributed by atoms with Crippen LogP contribution in [0.1, 0.15) is 34.8 Å². The molecule has 2 N–H and O–H groups in total. The molecule has 0 saturated heterocycles. The fraction of sp³-hybridized carbons (Fsp3) is 0.200. The van der Waals surface area contributed by atoms with E-state index in [0.29, 0.717) is 30.0 Å². The number of benzene rings is 3. The number of amides is 2. The second kappa shape index (κ2) is 10.3. The first-order valence-electron chi connectivity index (χ1n) is 10.0. The van der Waals surface area contributed by atoms with Crippen LogP contribution in [0, 0.1) is 6.92 Å². The number of carbonyl (C=O) groups excluding carboxylic acids is 2. The van der Waals surface area contributed by atoms with Crippen molar-refractivity contribution < 1.29 is 14.3 Å². The minimum Gasteiger partial charge on any atom is -0.493 e. The highest BCUT2D eigenvalue weighted by atomic mass is 16.5. The molecule has 0 heterocycles. The smallest absolute Gasteiger partial charge is 0.255 e. The maximum Gasteiger partial charge on any atom is 0.255 e. The van der Waals surface area contributed by atoms with Crippen molar-refractivity contribution >= 4 is 23.2 Å². The van der Waals surface area contributed by atoms with Crippen LogP contribution in [-0.2, 0) is 11.2 Å². The van der Waals surface area contributed by atoms with E-state index < -0.39 is 0 Å². The van der Waals surface area contributed by atoms with E-state index >= 15 is 0 Å². The zero-order valence-electron chi connectivity index (χ0n) is 17.3. The third kappa shape index (κ3) is 5.70. The molecule has 0 unspecified atom stereocenters. The van der Waals surface area contributed by atoms with Gasteiger partial charge in [-0.1, -0.05) is 43.3 Å². The van der Waals surface area contributed by atoms with Crippen LogP contribution in [0.15, 0.2) is 72.8 Å². The first kappa shape index (κ1) is 21.1. The molecule has 2 amide bonds. The summed E-state index contributed by atoms with van der Waals surface area (Å²) in [5, 5.41) is 5.76. The van der Waals surface area contributed by atoms with Crippen molar-refractivity contribution in [3.63, 3.8) is 0 Å². The van der Waals surface area contributed by atoms with Crippen LogP contribution in [0.25, 0.3) is 0 Å². The molecular formula is C25H26N2O3. The van der Waals surface area contributed by atoms with E-state index in [4.69, 9.17) is 4.74 Å². The van der Waals surface area contributed by atoms with Gasteiger partial charge in [0, 0.05) is 29.8 Å². The first-order valence-corrected chi connectivity index (χ1v) is 10.0. The molecule has 0 saturated carbocycles.